The predicted molar refractivity (Wildman–Crippen MR) is 71.5 cm³/mol. The highest BCUT2D eigenvalue weighted by molar-refractivity contribution is 5.79. The molecule has 1 aliphatic rings. The van der Waals surface area contributed by atoms with Crippen LogP contribution in [-0.4, -0.2) is 18.6 Å². The van der Waals surface area contributed by atoms with Gasteiger partial charge in [0.2, 0.25) is 5.91 Å². The first kappa shape index (κ1) is 12.9. The van der Waals surface area contributed by atoms with Crippen LogP contribution >= 0.6 is 0 Å². The van der Waals surface area contributed by atoms with Crippen molar-refractivity contribution in [3.63, 3.8) is 0 Å². The monoisotopic (exact) mass is 247 g/mol. The fraction of sp³-hybridized carbons (Fsp3) is 0.533. The van der Waals surface area contributed by atoms with Gasteiger partial charge in [-0.25, -0.2) is 0 Å². The summed E-state index contributed by atoms with van der Waals surface area (Å²) in [5.74, 6) is 1.26. The summed E-state index contributed by atoms with van der Waals surface area (Å²) in [6.45, 7) is 2.50. The number of hydrogen-bond acceptors (Lipinski definition) is 2. The molecule has 3 nitrogen and oxygen atoms in total. The maximum Gasteiger partial charge on any atom is 0.223 e. The van der Waals surface area contributed by atoms with E-state index in [0.29, 0.717) is 6.61 Å². The van der Waals surface area contributed by atoms with Crippen molar-refractivity contribution in [2.75, 3.05) is 6.61 Å². The van der Waals surface area contributed by atoms with E-state index in [-0.39, 0.29) is 17.9 Å². The van der Waals surface area contributed by atoms with Gasteiger partial charge in [-0.05, 0) is 31.9 Å². The lowest BCUT2D eigenvalue weighted by molar-refractivity contribution is -0.125. The molecule has 2 rings (SSSR count). The Morgan fingerprint density at radius 1 is 1.33 bits per heavy atom. The molecule has 0 radical (unpaired) electrons. The van der Waals surface area contributed by atoms with Gasteiger partial charge in [-0.3, -0.25) is 4.79 Å². The molecule has 0 aliphatic heterocycles. The Kier molecular flexibility index (Phi) is 4.62. The summed E-state index contributed by atoms with van der Waals surface area (Å²) in [5.41, 5.74) is 0. The summed E-state index contributed by atoms with van der Waals surface area (Å²) in [6.07, 6.45) is 4.45. The molecule has 1 unspecified atom stereocenters. The molecule has 1 saturated carbocycles. The SMILES string of the molecule is CC(COc1ccccc1)NC(=O)C1CCCC1. The molecule has 1 fully saturated rings. The molecular weight excluding hydrogens is 226 g/mol. The molecule has 1 aliphatic carbocycles. The smallest absolute Gasteiger partial charge is 0.223 e. The fourth-order valence-corrected chi connectivity index (χ4v) is 2.33. The van der Waals surface area contributed by atoms with Gasteiger partial charge in [0.05, 0.1) is 6.04 Å². The summed E-state index contributed by atoms with van der Waals surface area (Å²) in [5, 5.41) is 3.03. The molecule has 1 atom stereocenters. The van der Waals surface area contributed by atoms with E-state index in [1.54, 1.807) is 0 Å². The number of carbonyl (C=O) groups excluding carboxylic acids is 1. The zero-order chi connectivity index (χ0) is 12.8. The summed E-state index contributed by atoms with van der Waals surface area (Å²) in [6, 6.07) is 9.74. The Bertz CT molecular complexity index is 371. The van der Waals surface area contributed by atoms with Gasteiger partial charge in [0.1, 0.15) is 12.4 Å². The second-order valence-electron chi connectivity index (χ2n) is 5.02. The lowest BCUT2D eigenvalue weighted by Gasteiger charge is -2.17. The van der Waals surface area contributed by atoms with E-state index in [2.05, 4.69) is 5.32 Å². The Balaban J connectivity index is 1.71. The number of ether oxygens (including phenoxy) is 1. The van der Waals surface area contributed by atoms with Gasteiger partial charge in [-0.15, -0.1) is 0 Å². The molecule has 18 heavy (non-hydrogen) atoms. The van der Waals surface area contributed by atoms with Crippen LogP contribution in [0, 0.1) is 5.92 Å². The third-order valence-corrected chi connectivity index (χ3v) is 3.36. The zero-order valence-electron chi connectivity index (χ0n) is 10.9. The van der Waals surface area contributed by atoms with E-state index in [1.807, 2.05) is 37.3 Å². The first-order valence-electron chi connectivity index (χ1n) is 6.74. The van der Waals surface area contributed by atoms with Crippen molar-refractivity contribution in [3.05, 3.63) is 30.3 Å². The van der Waals surface area contributed by atoms with Crippen LogP contribution in [0.25, 0.3) is 0 Å². The Hall–Kier alpha value is -1.51. The van der Waals surface area contributed by atoms with Crippen molar-refractivity contribution in [2.24, 2.45) is 5.92 Å². The third kappa shape index (κ3) is 3.76. The highest BCUT2D eigenvalue weighted by Gasteiger charge is 2.23. The van der Waals surface area contributed by atoms with Crippen molar-refractivity contribution >= 4 is 5.91 Å². The Morgan fingerprint density at radius 2 is 2.00 bits per heavy atom. The molecule has 0 aromatic heterocycles. The van der Waals surface area contributed by atoms with Crippen LogP contribution < -0.4 is 10.1 Å². The number of hydrogen-bond donors (Lipinski definition) is 1. The van der Waals surface area contributed by atoms with Gasteiger partial charge in [0.25, 0.3) is 0 Å². The minimum atomic E-state index is 0.0540. The van der Waals surface area contributed by atoms with Crippen LogP contribution in [0.2, 0.25) is 0 Å². The van der Waals surface area contributed by atoms with E-state index in [1.165, 1.54) is 12.8 Å². The lowest BCUT2D eigenvalue weighted by atomic mass is 10.1. The summed E-state index contributed by atoms with van der Waals surface area (Å²) < 4.78 is 5.62. The number of carbonyl (C=O) groups is 1. The zero-order valence-corrected chi connectivity index (χ0v) is 10.9. The highest BCUT2D eigenvalue weighted by atomic mass is 16.5. The second kappa shape index (κ2) is 6.43. The van der Waals surface area contributed by atoms with Crippen LogP contribution in [0.1, 0.15) is 32.6 Å². The standard InChI is InChI=1S/C15H21NO2/c1-12(11-18-14-9-3-2-4-10-14)16-15(17)13-7-5-6-8-13/h2-4,9-10,12-13H,5-8,11H2,1H3,(H,16,17). The summed E-state index contributed by atoms with van der Waals surface area (Å²) in [4.78, 5) is 11.9. The third-order valence-electron chi connectivity index (χ3n) is 3.36. The molecule has 0 spiro atoms. The topological polar surface area (TPSA) is 38.3 Å². The normalized spacial score (nSPS) is 17.4. The number of amides is 1. The van der Waals surface area contributed by atoms with Crippen molar-refractivity contribution in [1.29, 1.82) is 0 Å². The number of benzene rings is 1. The highest BCUT2D eigenvalue weighted by Crippen LogP contribution is 2.24. The van der Waals surface area contributed by atoms with E-state index >= 15 is 0 Å². The molecule has 98 valence electrons. The molecule has 3 heteroatoms. The summed E-state index contributed by atoms with van der Waals surface area (Å²) >= 11 is 0. The Morgan fingerprint density at radius 3 is 2.67 bits per heavy atom. The number of rotatable bonds is 5. The first-order valence-corrected chi connectivity index (χ1v) is 6.74. The van der Waals surface area contributed by atoms with Crippen LogP contribution in [-0.2, 0) is 4.79 Å². The quantitative estimate of drug-likeness (QED) is 0.869. The van der Waals surface area contributed by atoms with Gasteiger partial charge in [0, 0.05) is 5.92 Å². The van der Waals surface area contributed by atoms with Crippen LogP contribution in [0.5, 0.6) is 5.75 Å². The Labute approximate surface area is 109 Å². The summed E-state index contributed by atoms with van der Waals surface area (Å²) in [7, 11) is 0. The average molecular weight is 247 g/mol. The van der Waals surface area contributed by atoms with Crippen molar-refractivity contribution < 1.29 is 9.53 Å². The average Bonchev–Trinajstić information content (AvgIpc) is 2.91. The molecule has 1 aromatic rings. The maximum absolute atomic E-state index is 11.9. The van der Waals surface area contributed by atoms with E-state index < -0.39 is 0 Å². The predicted octanol–water partition coefficient (Wildman–Crippen LogP) is 2.76. The van der Waals surface area contributed by atoms with Crippen molar-refractivity contribution in [1.82, 2.24) is 5.32 Å². The molecule has 0 saturated heterocycles. The van der Waals surface area contributed by atoms with Gasteiger partial charge in [-0.1, -0.05) is 31.0 Å². The minimum Gasteiger partial charge on any atom is -0.491 e. The van der Waals surface area contributed by atoms with E-state index in [9.17, 15) is 4.79 Å². The minimum absolute atomic E-state index is 0.0540. The fourth-order valence-electron chi connectivity index (χ4n) is 2.33. The van der Waals surface area contributed by atoms with Gasteiger partial charge >= 0.3 is 0 Å². The van der Waals surface area contributed by atoms with Gasteiger partial charge in [-0.2, -0.15) is 0 Å². The van der Waals surface area contributed by atoms with Crippen molar-refractivity contribution in [2.45, 2.75) is 38.6 Å². The molecule has 1 N–H and O–H groups in total. The molecular formula is C15H21NO2. The van der Waals surface area contributed by atoms with Crippen LogP contribution in [0.3, 0.4) is 0 Å². The maximum atomic E-state index is 11.9. The van der Waals surface area contributed by atoms with Gasteiger partial charge < -0.3 is 10.1 Å². The first-order chi connectivity index (χ1) is 8.75. The molecule has 1 aromatic carbocycles. The lowest BCUT2D eigenvalue weighted by Crippen LogP contribution is -2.39. The van der Waals surface area contributed by atoms with Crippen LogP contribution in [0.4, 0.5) is 0 Å². The van der Waals surface area contributed by atoms with Crippen molar-refractivity contribution in [3.8, 4) is 5.75 Å². The number of nitrogens with one attached hydrogen (secondary N) is 1. The van der Waals surface area contributed by atoms with Crippen LogP contribution in [0.15, 0.2) is 30.3 Å². The van der Waals surface area contributed by atoms with E-state index in [0.717, 1.165) is 18.6 Å². The molecule has 1 amide bonds. The van der Waals surface area contributed by atoms with Gasteiger partial charge in [0.15, 0.2) is 0 Å². The largest absolute Gasteiger partial charge is 0.491 e. The van der Waals surface area contributed by atoms with E-state index in [4.69, 9.17) is 4.74 Å². The molecule has 0 heterocycles. The number of para-hydroxylation sites is 1. The second-order valence-corrected chi connectivity index (χ2v) is 5.02. The molecule has 0 bridgehead atoms.